The van der Waals surface area contributed by atoms with Crippen molar-refractivity contribution < 1.29 is 9.59 Å². The molecule has 0 saturated heterocycles. The van der Waals surface area contributed by atoms with E-state index in [0.29, 0.717) is 16.7 Å². The average Bonchev–Trinajstić information content (AvgIpc) is 2.73. The van der Waals surface area contributed by atoms with Crippen LogP contribution in [0.15, 0.2) is 91.1 Å². The first-order valence-electron chi connectivity index (χ1n) is 8.75. The summed E-state index contributed by atoms with van der Waals surface area (Å²) in [4.78, 5) is 27.3. The Bertz CT molecular complexity index is 1010. The van der Waals surface area contributed by atoms with E-state index in [2.05, 4.69) is 5.32 Å². The summed E-state index contributed by atoms with van der Waals surface area (Å²) >= 11 is 0. The second-order valence-electron chi connectivity index (χ2n) is 6.30. The molecule has 3 aromatic carbocycles. The summed E-state index contributed by atoms with van der Waals surface area (Å²) in [5.41, 5.74) is 3.45. The number of rotatable bonds is 4. The molecule has 4 heteroatoms. The molecule has 1 aliphatic heterocycles. The first-order chi connectivity index (χ1) is 13.2. The molecule has 0 aliphatic carbocycles. The zero-order valence-corrected chi connectivity index (χ0v) is 14.6. The zero-order chi connectivity index (χ0) is 18.6. The summed E-state index contributed by atoms with van der Waals surface area (Å²) in [5.74, 6) is -0.567. The molecule has 1 N–H and O–H groups in total. The van der Waals surface area contributed by atoms with Crippen molar-refractivity contribution in [2.45, 2.75) is 6.54 Å². The van der Waals surface area contributed by atoms with Crippen molar-refractivity contribution in [3.8, 4) is 0 Å². The Morgan fingerprint density at radius 2 is 1.30 bits per heavy atom. The summed E-state index contributed by atoms with van der Waals surface area (Å²) in [6, 6.07) is 26.4. The largest absolute Gasteiger partial charge is 0.361 e. The van der Waals surface area contributed by atoms with E-state index in [1.807, 2.05) is 78.9 Å². The van der Waals surface area contributed by atoms with Crippen LogP contribution in [0, 0.1) is 0 Å². The lowest BCUT2D eigenvalue weighted by atomic mass is 9.93. The van der Waals surface area contributed by atoms with Crippen LogP contribution in [0.25, 0.3) is 5.57 Å². The van der Waals surface area contributed by atoms with E-state index in [-0.39, 0.29) is 18.4 Å². The number of nitrogens with zero attached hydrogens (tertiary/aromatic N) is 1. The third kappa shape index (κ3) is 3.37. The number of hydrogen-bond acceptors (Lipinski definition) is 3. The van der Waals surface area contributed by atoms with Crippen molar-refractivity contribution in [3.05, 3.63) is 108 Å². The maximum atomic E-state index is 13.1. The number of hydrogen-bond donors (Lipinski definition) is 1. The molecular formula is C23H18N2O2. The maximum absolute atomic E-state index is 13.1. The molecule has 0 bridgehead atoms. The molecule has 2 amide bonds. The van der Waals surface area contributed by atoms with Gasteiger partial charge in [-0.15, -0.1) is 0 Å². The molecule has 1 aliphatic rings. The zero-order valence-electron chi connectivity index (χ0n) is 14.6. The van der Waals surface area contributed by atoms with E-state index < -0.39 is 0 Å². The van der Waals surface area contributed by atoms with E-state index in [4.69, 9.17) is 0 Å². The quantitative estimate of drug-likeness (QED) is 0.561. The first-order valence-corrected chi connectivity index (χ1v) is 8.75. The number of anilines is 1. The predicted octanol–water partition coefficient (Wildman–Crippen LogP) is 4.32. The summed E-state index contributed by atoms with van der Waals surface area (Å²) < 4.78 is 0. The third-order valence-electron chi connectivity index (χ3n) is 4.51. The molecule has 0 radical (unpaired) electrons. The highest BCUT2D eigenvalue weighted by atomic mass is 16.2. The van der Waals surface area contributed by atoms with Gasteiger partial charge in [-0.25, -0.2) is 0 Å². The fraction of sp³-hybridized carbons (Fsp3) is 0.0435. The lowest BCUT2D eigenvalue weighted by Gasteiger charge is -2.28. The predicted molar refractivity (Wildman–Crippen MR) is 106 cm³/mol. The number of carbonyl (C=O) groups excluding carboxylic acids is 2. The Labute approximate surface area is 157 Å². The Balaban J connectivity index is 1.72. The Hall–Kier alpha value is -3.66. The summed E-state index contributed by atoms with van der Waals surface area (Å²) in [6.07, 6.45) is 1.68. The van der Waals surface area contributed by atoms with Gasteiger partial charge in [0, 0.05) is 23.0 Å². The highest BCUT2D eigenvalue weighted by Crippen LogP contribution is 2.29. The van der Waals surface area contributed by atoms with Crippen LogP contribution in [0.3, 0.4) is 0 Å². The van der Waals surface area contributed by atoms with Gasteiger partial charge >= 0.3 is 0 Å². The number of para-hydroxylation sites is 1. The molecule has 4 nitrogen and oxygen atoms in total. The molecule has 27 heavy (non-hydrogen) atoms. The number of benzene rings is 3. The molecule has 132 valence electrons. The van der Waals surface area contributed by atoms with Crippen LogP contribution < -0.4 is 5.32 Å². The van der Waals surface area contributed by atoms with Gasteiger partial charge in [0.25, 0.3) is 11.8 Å². The third-order valence-corrected chi connectivity index (χ3v) is 4.51. The maximum Gasteiger partial charge on any atom is 0.263 e. The average molecular weight is 354 g/mol. The number of carbonyl (C=O) groups is 2. The van der Waals surface area contributed by atoms with Gasteiger partial charge < -0.3 is 5.32 Å². The molecule has 4 rings (SSSR count). The molecule has 3 aromatic rings. The summed E-state index contributed by atoms with van der Waals surface area (Å²) in [6.45, 7) is 0.246. The number of amides is 2. The van der Waals surface area contributed by atoms with Crippen LogP contribution in [-0.2, 0) is 11.3 Å². The summed E-state index contributed by atoms with van der Waals surface area (Å²) in [5, 5.41) is 3.16. The van der Waals surface area contributed by atoms with Crippen molar-refractivity contribution in [1.82, 2.24) is 4.90 Å². The van der Waals surface area contributed by atoms with Crippen molar-refractivity contribution in [2.24, 2.45) is 0 Å². The van der Waals surface area contributed by atoms with Crippen molar-refractivity contribution >= 4 is 23.1 Å². The molecule has 0 fully saturated rings. The monoisotopic (exact) mass is 354 g/mol. The van der Waals surface area contributed by atoms with E-state index >= 15 is 0 Å². The van der Waals surface area contributed by atoms with E-state index in [1.165, 1.54) is 4.90 Å². The normalized spacial score (nSPS) is 15.0. The Kier molecular flexibility index (Phi) is 4.54. The van der Waals surface area contributed by atoms with Gasteiger partial charge in [-0.2, -0.15) is 0 Å². The van der Waals surface area contributed by atoms with Crippen molar-refractivity contribution in [2.75, 3.05) is 5.32 Å². The van der Waals surface area contributed by atoms with Gasteiger partial charge in [-0.3, -0.25) is 14.5 Å². The fourth-order valence-corrected chi connectivity index (χ4v) is 3.14. The van der Waals surface area contributed by atoms with Crippen LogP contribution in [0.1, 0.15) is 21.5 Å². The fourth-order valence-electron chi connectivity index (χ4n) is 3.14. The number of nitrogens with one attached hydrogen (secondary N) is 1. The van der Waals surface area contributed by atoms with Crippen molar-refractivity contribution in [1.29, 1.82) is 0 Å². The second kappa shape index (κ2) is 7.30. The van der Waals surface area contributed by atoms with Crippen molar-refractivity contribution in [3.63, 3.8) is 0 Å². The van der Waals surface area contributed by atoms with Crippen LogP contribution in [0.2, 0.25) is 0 Å². The Morgan fingerprint density at radius 3 is 2.00 bits per heavy atom. The van der Waals surface area contributed by atoms with Gasteiger partial charge in [-0.05, 0) is 23.8 Å². The van der Waals surface area contributed by atoms with Crippen LogP contribution in [-0.4, -0.2) is 16.7 Å². The SMILES string of the molecule is O=C1/C(=C\Nc2ccccc2)c2ccccc2C(=O)N1Cc1ccccc1. The number of fused-ring (bicyclic) bond motifs is 1. The summed E-state index contributed by atoms with van der Waals surface area (Å²) in [7, 11) is 0. The molecule has 1 heterocycles. The van der Waals surface area contributed by atoms with Gasteiger partial charge in [0.2, 0.25) is 0 Å². The second-order valence-corrected chi connectivity index (χ2v) is 6.30. The van der Waals surface area contributed by atoms with Crippen LogP contribution in [0.4, 0.5) is 5.69 Å². The minimum atomic E-state index is -0.300. The topological polar surface area (TPSA) is 49.4 Å². The molecule has 0 saturated carbocycles. The number of imide groups is 1. The van der Waals surface area contributed by atoms with E-state index in [0.717, 1.165) is 11.3 Å². The smallest absolute Gasteiger partial charge is 0.263 e. The molecule has 0 unspecified atom stereocenters. The highest BCUT2D eigenvalue weighted by molar-refractivity contribution is 6.31. The molecule has 0 spiro atoms. The molecule has 0 aromatic heterocycles. The molecular weight excluding hydrogens is 336 g/mol. The van der Waals surface area contributed by atoms with Gasteiger partial charge in [-0.1, -0.05) is 66.7 Å². The lowest BCUT2D eigenvalue weighted by molar-refractivity contribution is -0.123. The van der Waals surface area contributed by atoms with Gasteiger partial charge in [0.05, 0.1) is 12.1 Å². The van der Waals surface area contributed by atoms with Gasteiger partial charge in [0.15, 0.2) is 0 Å². The van der Waals surface area contributed by atoms with E-state index in [9.17, 15) is 9.59 Å². The Morgan fingerprint density at radius 1 is 0.704 bits per heavy atom. The standard InChI is InChI=1S/C23H18N2O2/c26-22-20-14-8-7-13-19(20)21(15-24-18-11-5-2-6-12-18)23(27)25(22)16-17-9-3-1-4-10-17/h1-15,24H,16H2/b21-15-. The van der Waals surface area contributed by atoms with E-state index in [1.54, 1.807) is 12.3 Å². The first kappa shape index (κ1) is 16.8. The van der Waals surface area contributed by atoms with Gasteiger partial charge in [0.1, 0.15) is 0 Å². The minimum absolute atomic E-state index is 0.246. The molecule has 0 atom stereocenters. The van der Waals surface area contributed by atoms with Crippen LogP contribution in [0.5, 0.6) is 0 Å². The minimum Gasteiger partial charge on any atom is -0.361 e. The van der Waals surface area contributed by atoms with Crippen LogP contribution >= 0.6 is 0 Å². The lowest BCUT2D eigenvalue weighted by Crippen LogP contribution is -2.41. The highest BCUT2D eigenvalue weighted by Gasteiger charge is 2.34.